The van der Waals surface area contributed by atoms with Crippen LogP contribution in [0.5, 0.6) is 0 Å². The molecule has 0 atom stereocenters. The second-order valence-corrected chi connectivity index (χ2v) is 7.59. The maximum atomic E-state index is 13.8. The highest BCUT2D eigenvalue weighted by Gasteiger charge is 2.23. The number of benzene rings is 2. The maximum absolute atomic E-state index is 13.8. The van der Waals surface area contributed by atoms with E-state index in [1.165, 1.54) is 12.1 Å². The van der Waals surface area contributed by atoms with Crippen LogP contribution in [0.15, 0.2) is 53.8 Å². The molecule has 3 aromatic rings. The Kier molecular flexibility index (Phi) is 4.79. The first-order valence-corrected chi connectivity index (χ1v) is 9.30. The van der Waals surface area contributed by atoms with Crippen molar-refractivity contribution in [2.75, 3.05) is 0 Å². The van der Waals surface area contributed by atoms with Crippen molar-refractivity contribution in [3.8, 4) is 5.69 Å². The van der Waals surface area contributed by atoms with Gasteiger partial charge in [0.2, 0.25) is 0 Å². The van der Waals surface area contributed by atoms with Gasteiger partial charge in [-0.05, 0) is 43.2 Å². The average Bonchev–Trinajstić information content (AvgIpc) is 3.06. The van der Waals surface area contributed by atoms with E-state index in [2.05, 4.69) is 4.98 Å². The van der Waals surface area contributed by atoms with E-state index in [1.54, 1.807) is 26.0 Å². The van der Waals surface area contributed by atoms with Crippen molar-refractivity contribution in [2.24, 2.45) is 0 Å². The molecule has 0 aliphatic rings. The Morgan fingerprint density at radius 1 is 1.11 bits per heavy atom. The van der Waals surface area contributed by atoms with Gasteiger partial charge in [0.25, 0.3) is 15.9 Å². The molecule has 6 nitrogen and oxygen atoms in total. The minimum atomic E-state index is -4.13. The smallest absolute Gasteiger partial charge is 0.285 e. The predicted molar refractivity (Wildman–Crippen MR) is 94.0 cm³/mol. The standard InChI is InChI=1S/C18H15F2N3O3S/c1-11-6-7-12(2)16(8-11)27(25,26)22-18(24)15-9-23(10-21-15)17-13(19)4-3-5-14(17)20/h3-10H,1-2H3,(H,22,24). The molecule has 1 N–H and O–H groups in total. The topological polar surface area (TPSA) is 81.1 Å². The van der Waals surface area contributed by atoms with Gasteiger partial charge in [-0.15, -0.1) is 0 Å². The van der Waals surface area contributed by atoms with Crippen LogP contribution in [0.3, 0.4) is 0 Å². The zero-order chi connectivity index (χ0) is 19.8. The summed E-state index contributed by atoms with van der Waals surface area (Å²) in [5.74, 6) is -2.70. The summed E-state index contributed by atoms with van der Waals surface area (Å²) in [7, 11) is -4.13. The van der Waals surface area contributed by atoms with Crippen LogP contribution >= 0.6 is 0 Å². The largest absolute Gasteiger partial charge is 0.300 e. The second kappa shape index (κ2) is 6.92. The number of hydrogen-bond acceptors (Lipinski definition) is 4. The summed E-state index contributed by atoms with van der Waals surface area (Å²) in [6, 6.07) is 8.14. The lowest BCUT2D eigenvalue weighted by Gasteiger charge is -2.09. The highest BCUT2D eigenvalue weighted by Crippen LogP contribution is 2.19. The number of imidazole rings is 1. The number of nitrogens with zero attached hydrogens (tertiary/aromatic N) is 2. The lowest BCUT2D eigenvalue weighted by Crippen LogP contribution is -2.31. The van der Waals surface area contributed by atoms with Crippen LogP contribution in [-0.2, 0) is 10.0 Å². The Labute approximate surface area is 154 Å². The molecule has 0 unspecified atom stereocenters. The molecular formula is C18H15F2N3O3S. The number of carbonyl (C=O) groups is 1. The molecule has 0 saturated heterocycles. The van der Waals surface area contributed by atoms with Gasteiger partial charge in [-0.3, -0.25) is 4.79 Å². The first-order chi connectivity index (χ1) is 12.7. The minimum absolute atomic E-state index is 0.0320. The molecular weight excluding hydrogens is 376 g/mol. The van der Waals surface area contributed by atoms with Crippen molar-refractivity contribution >= 4 is 15.9 Å². The molecule has 0 aliphatic heterocycles. The Bertz CT molecular complexity index is 1120. The van der Waals surface area contributed by atoms with E-state index >= 15 is 0 Å². The Hall–Kier alpha value is -3.07. The van der Waals surface area contributed by atoms with Crippen molar-refractivity contribution in [1.82, 2.24) is 14.3 Å². The van der Waals surface area contributed by atoms with Crippen LogP contribution < -0.4 is 4.72 Å². The molecule has 140 valence electrons. The normalized spacial score (nSPS) is 11.4. The first-order valence-electron chi connectivity index (χ1n) is 7.82. The van der Waals surface area contributed by atoms with Crippen molar-refractivity contribution in [3.63, 3.8) is 0 Å². The summed E-state index contributed by atoms with van der Waals surface area (Å²) in [5, 5.41) is 0. The fourth-order valence-corrected chi connectivity index (χ4v) is 3.82. The first kappa shape index (κ1) is 18.7. The van der Waals surface area contributed by atoms with Gasteiger partial charge in [-0.2, -0.15) is 0 Å². The van der Waals surface area contributed by atoms with Crippen LogP contribution in [-0.4, -0.2) is 23.9 Å². The third-order valence-electron chi connectivity index (χ3n) is 3.87. The van der Waals surface area contributed by atoms with Crippen molar-refractivity contribution in [1.29, 1.82) is 0 Å². The molecule has 27 heavy (non-hydrogen) atoms. The molecule has 0 saturated carbocycles. The van der Waals surface area contributed by atoms with Crippen LogP contribution in [0.2, 0.25) is 0 Å². The van der Waals surface area contributed by atoms with E-state index in [0.29, 0.717) is 11.1 Å². The molecule has 0 radical (unpaired) electrons. The minimum Gasteiger partial charge on any atom is -0.300 e. The van der Waals surface area contributed by atoms with Gasteiger partial charge in [-0.25, -0.2) is 26.9 Å². The van der Waals surface area contributed by atoms with Gasteiger partial charge in [0.05, 0.1) is 4.90 Å². The van der Waals surface area contributed by atoms with Gasteiger partial charge >= 0.3 is 0 Å². The van der Waals surface area contributed by atoms with Crippen LogP contribution in [0.1, 0.15) is 21.6 Å². The lowest BCUT2D eigenvalue weighted by atomic mass is 10.2. The number of hydrogen-bond donors (Lipinski definition) is 1. The summed E-state index contributed by atoms with van der Waals surface area (Å²) >= 11 is 0. The zero-order valence-corrected chi connectivity index (χ0v) is 15.2. The number of nitrogens with one attached hydrogen (secondary N) is 1. The van der Waals surface area contributed by atoms with Gasteiger partial charge in [0, 0.05) is 6.20 Å². The molecule has 0 bridgehead atoms. The average molecular weight is 391 g/mol. The number of halogens is 2. The summed E-state index contributed by atoms with van der Waals surface area (Å²) in [6.45, 7) is 3.33. The van der Waals surface area contributed by atoms with E-state index < -0.39 is 33.3 Å². The highest BCUT2D eigenvalue weighted by atomic mass is 32.2. The summed E-state index contributed by atoms with van der Waals surface area (Å²) in [6.07, 6.45) is 2.08. The Morgan fingerprint density at radius 3 is 2.44 bits per heavy atom. The van der Waals surface area contributed by atoms with Crippen molar-refractivity contribution in [3.05, 3.63) is 77.4 Å². The van der Waals surface area contributed by atoms with Gasteiger partial charge in [0.1, 0.15) is 29.3 Å². The molecule has 2 aromatic carbocycles. The molecule has 9 heteroatoms. The molecule has 3 rings (SSSR count). The number of rotatable bonds is 4. The lowest BCUT2D eigenvalue weighted by molar-refractivity contribution is 0.0977. The molecule has 1 amide bonds. The quantitative estimate of drug-likeness (QED) is 0.742. The monoisotopic (exact) mass is 391 g/mol. The number of para-hydroxylation sites is 1. The number of sulfonamides is 1. The van der Waals surface area contributed by atoms with Crippen LogP contribution in [0.25, 0.3) is 5.69 Å². The third kappa shape index (κ3) is 3.72. The SMILES string of the molecule is Cc1ccc(C)c(S(=O)(=O)NC(=O)c2cn(-c3c(F)cccc3F)cn2)c1. The molecule has 1 aromatic heterocycles. The molecule has 1 heterocycles. The van der Waals surface area contributed by atoms with Crippen molar-refractivity contribution in [2.45, 2.75) is 18.7 Å². The maximum Gasteiger partial charge on any atom is 0.285 e. The van der Waals surface area contributed by atoms with Crippen LogP contribution in [0, 0.1) is 25.5 Å². The molecule has 0 fully saturated rings. The Balaban J connectivity index is 1.90. The molecule has 0 spiro atoms. The van der Waals surface area contributed by atoms with Gasteiger partial charge in [0.15, 0.2) is 0 Å². The summed E-state index contributed by atoms with van der Waals surface area (Å²) in [5.41, 5.74) is 0.473. The summed E-state index contributed by atoms with van der Waals surface area (Å²) in [4.78, 5) is 16.0. The van der Waals surface area contributed by atoms with E-state index in [-0.39, 0.29) is 10.6 Å². The Morgan fingerprint density at radius 2 is 1.78 bits per heavy atom. The fourth-order valence-electron chi connectivity index (χ4n) is 2.52. The van der Waals surface area contributed by atoms with Crippen LogP contribution in [0.4, 0.5) is 8.78 Å². The van der Waals surface area contributed by atoms with E-state index in [4.69, 9.17) is 0 Å². The van der Waals surface area contributed by atoms with Gasteiger partial charge < -0.3 is 4.57 Å². The third-order valence-corrected chi connectivity index (χ3v) is 5.34. The van der Waals surface area contributed by atoms with E-state index in [0.717, 1.165) is 29.2 Å². The zero-order valence-electron chi connectivity index (χ0n) is 14.4. The number of carbonyl (C=O) groups excluding carboxylic acids is 1. The fraction of sp³-hybridized carbons (Fsp3) is 0.111. The number of amides is 1. The van der Waals surface area contributed by atoms with E-state index in [1.807, 2.05) is 4.72 Å². The predicted octanol–water partition coefficient (Wildman–Crippen LogP) is 2.89. The summed E-state index contributed by atoms with van der Waals surface area (Å²) < 4.78 is 55.5. The molecule has 0 aliphatic carbocycles. The highest BCUT2D eigenvalue weighted by molar-refractivity contribution is 7.90. The van der Waals surface area contributed by atoms with E-state index in [9.17, 15) is 22.0 Å². The van der Waals surface area contributed by atoms with Gasteiger partial charge in [-0.1, -0.05) is 18.2 Å². The number of aromatic nitrogens is 2. The second-order valence-electron chi connectivity index (χ2n) is 5.94. The number of aryl methyl sites for hydroxylation is 2. The van der Waals surface area contributed by atoms with Crippen molar-refractivity contribution < 1.29 is 22.0 Å².